The number of benzene rings is 2. The van der Waals surface area contributed by atoms with Crippen molar-refractivity contribution in [3.05, 3.63) is 64.4 Å². The molecule has 2 saturated heterocycles. The minimum Gasteiger partial charge on any atom is -0.497 e. The summed E-state index contributed by atoms with van der Waals surface area (Å²) in [4.78, 5) is 29.8. The molecule has 0 bridgehead atoms. The van der Waals surface area contributed by atoms with Gasteiger partial charge >= 0.3 is 0 Å². The van der Waals surface area contributed by atoms with Crippen LogP contribution in [0.3, 0.4) is 0 Å². The number of piperidine rings is 2. The largest absolute Gasteiger partial charge is 0.497 e. The van der Waals surface area contributed by atoms with E-state index in [1.54, 1.807) is 13.2 Å². The monoisotopic (exact) mass is 458 g/mol. The molecule has 0 unspecified atom stereocenters. The number of hydrogen-bond donors (Lipinski definition) is 0. The summed E-state index contributed by atoms with van der Waals surface area (Å²) in [5.41, 5.74) is 1.61. The standard InChI is InChI=1S/C25H28ClFN2O3/c1-32-21-8-4-17(5-9-21)13-24(30)28-12-10-23-19(16-28)3-2-11-29(23)25(31)14-18-6-7-20(27)15-22(18)26/h4-9,15,19,23H,2-3,10-14,16H2,1H3/t19-,23+/m1/s1. The van der Waals surface area contributed by atoms with Crippen LogP contribution in [-0.4, -0.2) is 54.4 Å². The van der Waals surface area contributed by atoms with Crippen molar-refractivity contribution in [1.82, 2.24) is 9.80 Å². The van der Waals surface area contributed by atoms with Crippen molar-refractivity contribution < 1.29 is 18.7 Å². The summed E-state index contributed by atoms with van der Waals surface area (Å²) in [6.07, 6.45) is 3.25. The molecule has 0 aromatic heterocycles. The van der Waals surface area contributed by atoms with Gasteiger partial charge in [0.25, 0.3) is 0 Å². The fourth-order valence-corrected chi connectivity index (χ4v) is 5.13. The molecule has 2 aliphatic rings. The van der Waals surface area contributed by atoms with Crippen LogP contribution in [0.5, 0.6) is 5.75 Å². The summed E-state index contributed by atoms with van der Waals surface area (Å²) in [6.45, 7) is 2.05. The van der Waals surface area contributed by atoms with Crippen LogP contribution in [-0.2, 0) is 22.4 Å². The molecule has 0 N–H and O–H groups in total. The molecule has 0 radical (unpaired) electrons. The number of fused-ring (bicyclic) bond motifs is 1. The van der Waals surface area contributed by atoms with Crippen LogP contribution in [0.4, 0.5) is 4.39 Å². The Morgan fingerprint density at radius 2 is 1.84 bits per heavy atom. The van der Waals surface area contributed by atoms with Crippen LogP contribution in [0.15, 0.2) is 42.5 Å². The predicted octanol–water partition coefficient (Wildman–Crippen LogP) is 4.11. The summed E-state index contributed by atoms with van der Waals surface area (Å²) in [6, 6.07) is 11.9. The van der Waals surface area contributed by atoms with E-state index in [9.17, 15) is 14.0 Å². The highest BCUT2D eigenvalue weighted by Gasteiger charge is 2.39. The fraction of sp³-hybridized carbons (Fsp3) is 0.440. The van der Waals surface area contributed by atoms with Crippen LogP contribution in [0, 0.1) is 11.7 Å². The summed E-state index contributed by atoms with van der Waals surface area (Å²) in [5.74, 6) is 0.790. The molecule has 5 nitrogen and oxygen atoms in total. The van der Waals surface area contributed by atoms with Crippen LogP contribution in [0.2, 0.25) is 5.02 Å². The molecular weight excluding hydrogens is 431 g/mol. The normalized spacial score (nSPS) is 20.6. The lowest BCUT2D eigenvalue weighted by Crippen LogP contribution is -2.57. The number of carbonyl (C=O) groups excluding carboxylic acids is 2. The molecule has 2 fully saturated rings. The summed E-state index contributed by atoms with van der Waals surface area (Å²) in [7, 11) is 1.62. The molecule has 2 aromatic carbocycles. The summed E-state index contributed by atoms with van der Waals surface area (Å²) < 4.78 is 18.5. The van der Waals surface area contributed by atoms with Gasteiger partial charge in [-0.1, -0.05) is 29.8 Å². The van der Waals surface area contributed by atoms with Gasteiger partial charge in [-0.05, 0) is 60.6 Å². The van der Waals surface area contributed by atoms with Crippen LogP contribution in [0.1, 0.15) is 30.4 Å². The zero-order valence-electron chi connectivity index (χ0n) is 18.2. The lowest BCUT2D eigenvalue weighted by atomic mass is 9.83. The van der Waals surface area contributed by atoms with Crippen LogP contribution in [0.25, 0.3) is 0 Å². The van der Waals surface area contributed by atoms with Gasteiger partial charge in [0, 0.05) is 30.7 Å². The number of amides is 2. The Morgan fingerprint density at radius 1 is 1.06 bits per heavy atom. The Kier molecular flexibility index (Phi) is 6.99. The van der Waals surface area contributed by atoms with Crippen molar-refractivity contribution in [2.24, 2.45) is 5.92 Å². The molecule has 32 heavy (non-hydrogen) atoms. The Morgan fingerprint density at radius 3 is 2.56 bits per heavy atom. The topological polar surface area (TPSA) is 49.9 Å². The zero-order valence-corrected chi connectivity index (χ0v) is 19.0. The number of carbonyl (C=O) groups is 2. The van der Waals surface area contributed by atoms with E-state index in [0.717, 1.165) is 37.1 Å². The summed E-state index contributed by atoms with van der Waals surface area (Å²) >= 11 is 6.13. The smallest absolute Gasteiger partial charge is 0.227 e. The molecular formula is C25H28ClFN2O3. The average Bonchev–Trinajstić information content (AvgIpc) is 2.80. The third-order valence-corrected chi connectivity index (χ3v) is 6.96. The number of rotatable bonds is 5. The predicted molar refractivity (Wildman–Crippen MR) is 121 cm³/mol. The van der Waals surface area contributed by atoms with Crippen LogP contribution >= 0.6 is 11.6 Å². The molecule has 7 heteroatoms. The Labute approximate surface area is 193 Å². The first-order valence-electron chi connectivity index (χ1n) is 11.1. The molecule has 2 aromatic rings. The molecule has 2 atom stereocenters. The van der Waals surface area contributed by atoms with Gasteiger partial charge < -0.3 is 14.5 Å². The van der Waals surface area contributed by atoms with E-state index in [1.165, 1.54) is 12.1 Å². The van der Waals surface area contributed by atoms with E-state index >= 15 is 0 Å². The highest BCUT2D eigenvalue weighted by Crippen LogP contribution is 2.32. The highest BCUT2D eigenvalue weighted by atomic mass is 35.5. The van der Waals surface area contributed by atoms with Gasteiger partial charge in [-0.25, -0.2) is 4.39 Å². The van der Waals surface area contributed by atoms with E-state index in [4.69, 9.17) is 16.3 Å². The highest BCUT2D eigenvalue weighted by molar-refractivity contribution is 6.31. The Balaban J connectivity index is 1.36. The second-order valence-corrected chi connectivity index (χ2v) is 9.03. The van der Waals surface area contributed by atoms with Crippen molar-refractivity contribution in [3.63, 3.8) is 0 Å². The van der Waals surface area contributed by atoms with E-state index in [2.05, 4.69) is 0 Å². The van der Waals surface area contributed by atoms with Crippen molar-refractivity contribution in [2.75, 3.05) is 26.7 Å². The number of methoxy groups -OCH3 is 1. The van der Waals surface area contributed by atoms with Gasteiger partial charge in [0.15, 0.2) is 0 Å². The maximum absolute atomic E-state index is 13.3. The number of halogens is 2. The van der Waals surface area contributed by atoms with Gasteiger partial charge in [0.2, 0.25) is 11.8 Å². The van der Waals surface area contributed by atoms with Crippen molar-refractivity contribution in [2.45, 2.75) is 38.1 Å². The van der Waals surface area contributed by atoms with E-state index in [0.29, 0.717) is 25.1 Å². The maximum Gasteiger partial charge on any atom is 0.227 e. The molecule has 0 spiro atoms. The number of likely N-dealkylation sites (tertiary alicyclic amines) is 2. The molecule has 2 amide bonds. The molecule has 2 aliphatic heterocycles. The van der Waals surface area contributed by atoms with Crippen molar-refractivity contribution >= 4 is 23.4 Å². The third-order valence-electron chi connectivity index (χ3n) is 6.61. The molecule has 4 rings (SSSR count). The third kappa shape index (κ3) is 5.07. The van der Waals surface area contributed by atoms with E-state index in [1.807, 2.05) is 34.1 Å². The van der Waals surface area contributed by atoms with E-state index < -0.39 is 5.82 Å². The van der Waals surface area contributed by atoms with Gasteiger partial charge in [-0.3, -0.25) is 9.59 Å². The number of ether oxygens (including phenoxy) is 1. The lowest BCUT2D eigenvalue weighted by Gasteiger charge is -2.47. The van der Waals surface area contributed by atoms with Crippen molar-refractivity contribution in [3.8, 4) is 5.75 Å². The minimum atomic E-state index is -0.407. The second-order valence-electron chi connectivity index (χ2n) is 8.62. The van der Waals surface area contributed by atoms with Crippen molar-refractivity contribution in [1.29, 1.82) is 0 Å². The van der Waals surface area contributed by atoms with Gasteiger partial charge in [-0.2, -0.15) is 0 Å². The fourth-order valence-electron chi connectivity index (χ4n) is 4.90. The Bertz CT molecular complexity index is 982. The molecule has 0 aliphatic carbocycles. The second kappa shape index (κ2) is 9.90. The zero-order chi connectivity index (χ0) is 22.7. The van der Waals surface area contributed by atoms with Gasteiger partial charge in [-0.15, -0.1) is 0 Å². The minimum absolute atomic E-state index is 0.0196. The van der Waals surface area contributed by atoms with Crippen LogP contribution < -0.4 is 4.74 Å². The average molecular weight is 459 g/mol. The molecule has 0 saturated carbocycles. The van der Waals surface area contributed by atoms with Gasteiger partial charge in [0.1, 0.15) is 11.6 Å². The first kappa shape index (κ1) is 22.6. The molecule has 2 heterocycles. The summed E-state index contributed by atoms with van der Waals surface area (Å²) in [5, 5.41) is 0.283. The lowest BCUT2D eigenvalue weighted by molar-refractivity contribution is -0.141. The first-order chi connectivity index (χ1) is 15.4. The quantitative estimate of drug-likeness (QED) is 0.677. The van der Waals surface area contributed by atoms with E-state index in [-0.39, 0.29) is 35.2 Å². The Hall–Kier alpha value is -2.60. The molecule has 170 valence electrons. The maximum atomic E-state index is 13.3. The number of nitrogens with zero attached hydrogens (tertiary/aromatic N) is 2. The first-order valence-corrected chi connectivity index (χ1v) is 11.5. The van der Waals surface area contributed by atoms with Gasteiger partial charge in [0.05, 0.1) is 20.0 Å². The number of hydrogen-bond acceptors (Lipinski definition) is 3. The SMILES string of the molecule is COc1ccc(CC(=O)N2CC[C@H]3[C@H](CCCN3C(=O)Cc3ccc(F)cc3Cl)C2)cc1.